The fourth-order valence-corrected chi connectivity index (χ4v) is 2.26. The third-order valence-corrected chi connectivity index (χ3v) is 3.39. The molecule has 0 saturated heterocycles. The molecule has 1 amide bonds. The molecule has 1 unspecified atom stereocenters. The second kappa shape index (κ2) is 4.80. The van der Waals surface area contributed by atoms with Crippen LogP contribution in [0, 0.1) is 5.41 Å². The minimum absolute atomic E-state index is 0.302. The summed E-state index contributed by atoms with van der Waals surface area (Å²) >= 11 is 3.38. The van der Waals surface area contributed by atoms with Crippen LogP contribution in [-0.2, 0) is 0 Å². The highest BCUT2D eigenvalue weighted by molar-refractivity contribution is 9.10. The predicted octanol–water partition coefficient (Wildman–Crippen LogP) is 3.08. The number of aromatic amines is 1. The van der Waals surface area contributed by atoms with Crippen LogP contribution in [0.4, 0.5) is 4.79 Å². The molecule has 0 aliphatic rings. The first-order valence-corrected chi connectivity index (χ1v) is 6.57. The molecule has 0 bridgehead atoms. The Morgan fingerprint density at radius 1 is 1.53 bits per heavy atom. The van der Waals surface area contributed by atoms with Crippen molar-refractivity contribution < 1.29 is 9.90 Å². The molecule has 3 N–H and O–H groups in total. The zero-order valence-corrected chi connectivity index (χ0v) is 12.4. The molecule has 0 fully saturated rings. The van der Waals surface area contributed by atoms with Crippen molar-refractivity contribution in [1.29, 1.82) is 0 Å². The number of hydrogen-bond acceptors (Lipinski definition) is 3. The summed E-state index contributed by atoms with van der Waals surface area (Å²) in [6.07, 6.45) is 2.28. The van der Waals surface area contributed by atoms with Gasteiger partial charge in [-0.1, -0.05) is 20.8 Å². The van der Waals surface area contributed by atoms with Crippen LogP contribution < -0.4 is 5.32 Å². The van der Waals surface area contributed by atoms with Crippen LogP contribution >= 0.6 is 15.9 Å². The second-order valence-electron chi connectivity index (χ2n) is 5.38. The van der Waals surface area contributed by atoms with E-state index in [4.69, 9.17) is 5.11 Å². The van der Waals surface area contributed by atoms with Gasteiger partial charge in [0.25, 0.3) is 0 Å². The molecule has 2 rings (SSSR count). The van der Waals surface area contributed by atoms with Crippen molar-refractivity contribution >= 4 is 33.2 Å². The molecule has 102 valence electrons. The molecule has 2 aromatic rings. The molecule has 6 nitrogen and oxygen atoms in total. The van der Waals surface area contributed by atoms with Crippen LogP contribution in [0.2, 0.25) is 0 Å². The lowest BCUT2D eigenvalue weighted by Gasteiger charge is -2.29. The molecule has 0 saturated carbocycles. The molecule has 0 aliphatic carbocycles. The Morgan fingerprint density at radius 3 is 2.79 bits per heavy atom. The molecule has 2 aromatic heterocycles. The fourth-order valence-electron chi connectivity index (χ4n) is 1.87. The van der Waals surface area contributed by atoms with Crippen molar-refractivity contribution in [1.82, 2.24) is 20.3 Å². The summed E-state index contributed by atoms with van der Waals surface area (Å²) in [5.41, 5.74) is 1.66. The van der Waals surface area contributed by atoms with Crippen LogP contribution in [0.25, 0.3) is 11.2 Å². The first-order chi connectivity index (χ1) is 8.79. The van der Waals surface area contributed by atoms with Crippen molar-refractivity contribution in [3.63, 3.8) is 0 Å². The molecule has 7 heteroatoms. The van der Waals surface area contributed by atoms with Gasteiger partial charge in [-0.3, -0.25) is 0 Å². The lowest BCUT2D eigenvalue weighted by molar-refractivity contribution is 0.174. The molecule has 0 aromatic carbocycles. The molecule has 0 spiro atoms. The van der Waals surface area contributed by atoms with Crippen LogP contribution in [0.15, 0.2) is 16.9 Å². The SMILES string of the molecule is CC(C)(C)C(NC(=O)O)c1cnc2[nH]cc(Br)c2n1. The lowest BCUT2D eigenvalue weighted by Crippen LogP contribution is -2.36. The lowest BCUT2D eigenvalue weighted by atomic mass is 9.85. The van der Waals surface area contributed by atoms with Gasteiger partial charge in [0.05, 0.1) is 22.4 Å². The van der Waals surface area contributed by atoms with Gasteiger partial charge in [-0.2, -0.15) is 0 Å². The predicted molar refractivity (Wildman–Crippen MR) is 74.9 cm³/mol. The van der Waals surface area contributed by atoms with Crippen molar-refractivity contribution in [2.24, 2.45) is 5.41 Å². The van der Waals surface area contributed by atoms with E-state index in [0.29, 0.717) is 16.9 Å². The van der Waals surface area contributed by atoms with E-state index in [1.54, 1.807) is 12.4 Å². The first-order valence-electron chi connectivity index (χ1n) is 5.78. The third kappa shape index (κ3) is 2.86. The summed E-state index contributed by atoms with van der Waals surface area (Å²) in [5.74, 6) is 0. The van der Waals surface area contributed by atoms with E-state index >= 15 is 0 Å². The summed E-state index contributed by atoms with van der Waals surface area (Å²) in [4.78, 5) is 22.7. The van der Waals surface area contributed by atoms with E-state index in [2.05, 4.69) is 36.2 Å². The van der Waals surface area contributed by atoms with Gasteiger partial charge in [0.15, 0.2) is 5.65 Å². The Bertz CT molecular complexity index is 618. The van der Waals surface area contributed by atoms with Gasteiger partial charge in [0.1, 0.15) is 5.52 Å². The summed E-state index contributed by atoms with van der Waals surface area (Å²) in [5, 5.41) is 11.5. The van der Waals surface area contributed by atoms with Gasteiger partial charge < -0.3 is 15.4 Å². The maximum absolute atomic E-state index is 10.9. The van der Waals surface area contributed by atoms with Crippen molar-refractivity contribution in [3.8, 4) is 0 Å². The minimum atomic E-state index is -1.07. The number of carboxylic acid groups (broad SMARTS) is 1. The average Bonchev–Trinajstić information content (AvgIpc) is 2.66. The summed E-state index contributed by atoms with van der Waals surface area (Å²) in [6, 6.07) is -0.427. The maximum atomic E-state index is 10.9. The van der Waals surface area contributed by atoms with Gasteiger partial charge >= 0.3 is 6.09 Å². The van der Waals surface area contributed by atoms with Crippen molar-refractivity contribution in [2.45, 2.75) is 26.8 Å². The summed E-state index contributed by atoms with van der Waals surface area (Å²) < 4.78 is 0.805. The van der Waals surface area contributed by atoms with Crippen molar-refractivity contribution in [3.05, 3.63) is 22.6 Å². The number of fused-ring (bicyclic) bond motifs is 1. The van der Waals surface area contributed by atoms with Crippen LogP contribution in [0.3, 0.4) is 0 Å². The van der Waals surface area contributed by atoms with Gasteiger partial charge in [-0.25, -0.2) is 14.8 Å². The Hall–Kier alpha value is -1.63. The second-order valence-corrected chi connectivity index (χ2v) is 6.23. The van der Waals surface area contributed by atoms with E-state index in [9.17, 15) is 4.79 Å². The number of hydrogen-bond donors (Lipinski definition) is 3. The summed E-state index contributed by atoms with van der Waals surface area (Å²) in [7, 11) is 0. The molecule has 1 atom stereocenters. The van der Waals surface area contributed by atoms with Gasteiger partial charge in [0, 0.05) is 6.20 Å². The van der Waals surface area contributed by atoms with Crippen molar-refractivity contribution in [2.75, 3.05) is 0 Å². The van der Waals surface area contributed by atoms with E-state index in [-0.39, 0.29) is 5.41 Å². The highest BCUT2D eigenvalue weighted by Gasteiger charge is 2.29. The third-order valence-electron chi connectivity index (χ3n) is 2.78. The Labute approximate surface area is 118 Å². The molecular formula is C12H15BrN4O2. The maximum Gasteiger partial charge on any atom is 0.405 e. The van der Waals surface area contributed by atoms with Gasteiger partial charge in [-0.15, -0.1) is 0 Å². The topological polar surface area (TPSA) is 90.9 Å². The van der Waals surface area contributed by atoms with Gasteiger partial charge in [0.2, 0.25) is 0 Å². The number of nitrogens with one attached hydrogen (secondary N) is 2. The molecule has 0 aliphatic heterocycles. The zero-order valence-electron chi connectivity index (χ0n) is 10.9. The quantitative estimate of drug-likeness (QED) is 0.790. The number of amides is 1. The molecule has 0 radical (unpaired) electrons. The zero-order chi connectivity index (χ0) is 14.2. The van der Waals surface area contributed by atoms with Gasteiger partial charge in [-0.05, 0) is 21.3 Å². The Balaban J connectivity index is 2.49. The molecule has 19 heavy (non-hydrogen) atoms. The number of rotatable bonds is 2. The number of halogens is 1. The molecule has 2 heterocycles. The number of carbonyl (C=O) groups is 1. The largest absolute Gasteiger partial charge is 0.465 e. The Morgan fingerprint density at radius 2 is 2.21 bits per heavy atom. The summed E-state index contributed by atoms with van der Waals surface area (Å²) in [6.45, 7) is 5.85. The number of nitrogens with zero attached hydrogens (tertiary/aromatic N) is 2. The molecular weight excluding hydrogens is 312 g/mol. The van der Waals surface area contributed by atoms with E-state index in [1.807, 2.05) is 20.8 Å². The van der Waals surface area contributed by atoms with E-state index in [0.717, 1.165) is 4.47 Å². The monoisotopic (exact) mass is 326 g/mol. The fraction of sp³-hybridized carbons (Fsp3) is 0.417. The van der Waals surface area contributed by atoms with E-state index in [1.165, 1.54) is 0 Å². The number of H-pyrrole nitrogens is 1. The smallest absolute Gasteiger partial charge is 0.405 e. The Kier molecular flexibility index (Phi) is 3.49. The minimum Gasteiger partial charge on any atom is -0.465 e. The first kappa shape index (κ1) is 13.8. The average molecular weight is 327 g/mol. The highest BCUT2D eigenvalue weighted by Crippen LogP contribution is 2.32. The number of aromatic nitrogens is 3. The van der Waals surface area contributed by atoms with Crippen LogP contribution in [0.5, 0.6) is 0 Å². The normalized spacial score (nSPS) is 13.5. The van der Waals surface area contributed by atoms with Crippen LogP contribution in [0.1, 0.15) is 32.5 Å². The van der Waals surface area contributed by atoms with E-state index < -0.39 is 12.1 Å². The van der Waals surface area contributed by atoms with Crippen LogP contribution in [-0.4, -0.2) is 26.2 Å². The highest BCUT2D eigenvalue weighted by atomic mass is 79.9. The standard InChI is InChI=1S/C12H15BrN4O2/c1-12(2,3)9(17-11(18)19)7-5-15-10-8(16-7)6(13)4-14-10/h4-5,9,17H,1-3H3,(H,14,15)(H,18,19).